The molecule has 1 aliphatic carbocycles. The third-order valence-electron chi connectivity index (χ3n) is 4.47. The molecule has 2 heteroatoms. The Morgan fingerprint density at radius 2 is 1.90 bits per heavy atom. The molecular weight excluding hydrogens is 244 g/mol. The summed E-state index contributed by atoms with van der Waals surface area (Å²) in [5.74, 6) is 0. The number of hydrogen-bond donors (Lipinski definition) is 2. The average molecular weight is 272 g/mol. The fraction of sp³-hybridized carbons (Fsp3) is 0.556. The number of hydrogen-bond acceptors (Lipinski definition) is 2. The zero-order valence-corrected chi connectivity index (χ0v) is 13.1. The lowest BCUT2D eigenvalue weighted by Crippen LogP contribution is -2.30. The standard InChI is InChI=1S/C18H28N2/c1-13-10-15(3)17(11-14(13)2)18(12-19)20-9-8-16-6-4-5-7-16/h6,10-11,18,20H,4-5,7-9,12,19H2,1-3H3. The minimum Gasteiger partial charge on any atom is -0.329 e. The minimum absolute atomic E-state index is 0.274. The van der Waals surface area contributed by atoms with E-state index in [4.69, 9.17) is 5.73 Å². The van der Waals surface area contributed by atoms with Crippen molar-refractivity contribution < 1.29 is 0 Å². The molecule has 2 nitrogen and oxygen atoms in total. The lowest BCUT2D eigenvalue weighted by molar-refractivity contribution is 0.539. The van der Waals surface area contributed by atoms with E-state index in [0.29, 0.717) is 6.54 Å². The van der Waals surface area contributed by atoms with E-state index in [1.165, 1.54) is 47.9 Å². The summed E-state index contributed by atoms with van der Waals surface area (Å²) >= 11 is 0. The van der Waals surface area contributed by atoms with Crippen molar-refractivity contribution in [1.29, 1.82) is 0 Å². The molecular formula is C18H28N2. The minimum atomic E-state index is 0.274. The van der Waals surface area contributed by atoms with Gasteiger partial charge in [0, 0.05) is 12.6 Å². The Balaban J connectivity index is 1.98. The largest absolute Gasteiger partial charge is 0.329 e. The van der Waals surface area contributed by atoms with Crippen LogP contribution in [0.25, 0.3) is 0 Å². The van der Waals surface area contributed by atoms with Gasteiger partial charge in [-0.15, -0.1) is 0 Å². The first kappa shape index (κ1) is 15.3. The molecule has 0 bridgehead atoms. The summed E-state index contributed by atoms with van der Waals surface area (Å²) in [5.41, 5.74) is 13.0. The van der Waals surface area contributed by atoms with Crippen molar-refractivity contribution in [3.8, 4) is 0 Å². The maximum Gasteiger partial charge on any atom is 0.0447 e. The summed E-state index contributed by atoms with van der Waals surface area (Å²) < 4.78 is 0. The molecule has 0 aromatic heterocycles. The Kier molecular flexibility index (Phi) is 5.38. The highest BCUT2D eigenvalue weighted by atomic mass is 14.9. The smallest absolute Gasteiger partial charge is 0.0447 e. The molecule has 0 saturated heterocycles. The van der Waals surface area contributed by atoms with Crippen molar-refractivity contribution in [3.05, 3.63) is 46.0 Å². The molecule has 3 N–H and O–H groups in total. The van der Waals surface area contributed by atoms with Gasteiger partial charge in [0.05, 0.1) is 0 Å². The van der Waals surface area contributed by atoms with Crippen LogP contribution >= 0.6 is 0 Å². The van der Waals surface area contributed by atoms with Crippen molar-refractivity contribution in [2.24, 2.45) is 5.73 Å². The van der Waals surface area contributed by atoms with E-state index >= 15 is 0 Å². The third kappa shape index (κ3) is 3.71. The fourth-order valence-corrected chi connectivity index (χ4v) is 3.05. The highest BCUT2D eigenvalue weighted by Crippen LogP contribution is 2.23. The predicted octanol–water partition coefficient (Wildman–Crippen LogP) is 3.70. The van der Waals surface area contributed by atoms with E-state index in [0.717, 1.165) is 6.54 Å². The van der Waals surface area contributed by atoms with Crippen molar-refractivity contribution in [3.63, 3.8) is 0 Å². The summed E-state index contributed by atoms with van der Waals surface area (Å²) in [6, 6.07) is 4.84. The zero-order valence-electron chi connectivity index (χ0n) is 13.1. The second-order valence-electron chi connectivity index (χ2n) is 6.04. The highest BCUT2D eigenvalue weighted by Gasteiger charge is 2.13. The molecule has 1 unspecified atom stereocenters. The maximum atomic E-state index is 5.98. The van der Waals surface area contributed by atoms with E-state index in [1.54, 1.807) is 5.57 Å². The van der Waals surface area contributed by atoms with Crippen LogP contribution in [-0.2, 0) is 0 Å². The molecule has 0 heterocycles. The van der Waals surface area contributed by atoms with Gasteiger partial charge in [0.25, 0.3) is 0 Å². The van der Waals surface area contributed by atoms with E-state index in [-0.39, 0.29) is 6.04 Å². The molecule has 0 fully saturated rings. The number of aryl methyl sites for hydroxylation is 3. The number of rotatable bonds is 6. The first-order valence-electron chi connectivity index (χ1n) is 7.81. The maximum absolute atomic E-state index is 5.98. The molecule has 1 aliphatic rings. The Morgan fingerprint density at radius 1 is 1.15 bits per heavy atom. The first-order valence-corrected chi connectivity index (χ1v) is 7.81. The molecule has 1 atom stereocenters. The molecule has 20 heavy (non-hydrogen) atoms. The monoisotopic (exact) mass is 272 g/mol. The van der Waals surface area contributed by atoms with Gasteiger partial charge in [-0.1, -0.05) is 23.8 Å². The summed E-state index contributed by atoms with van der Waals surface area (Å²) in [4.78, 5) is 0. The third-order valence-corrected chi connectivity index (χ3v) is 4.47. The van der Waals surface area contributed by atoms with Gasteiger partial charge in [0.1, 0.15) is 0 Å². The van der Waals surface area contributed by atoms with Crippen LogP contribution in [0.3, 0.4) is 0 Å². The topological polar surface area (TPSA) is 38.0 Å². The van der Waals surface area contributed by atoms with Crippen LogP contribution in [0.4, 0.5) is 0 Å². The van der Waals surface area contributed by atoms with Crippen molar-refractivity contribution in [1.82, 2.24) is 5.32 Å². The van der Waals surface area contributed by atoms with E-state index in [1.807, 2.05) is 0 Å². The van der Waals surface area contributed by atoms with Gasteiger partial charge in [-0.05, 0) is 75.3 Å². The second kappa shape index (κ2) is 7.05. The average Bonchev–Trinajstić information content (AvgIpc) is 2.93. The van der Waals surface area contributed by atoms with Crippen LogP contribution < -0.4 is 11.1 Å². The van der Waals surface area contributed by atoms with Gasteiger partial charge >= 0.3 is 0 Å². The van der Waals surface area contributed by atoms with Crippen molar-refractivity contribution in [2.75, 3.05) is 13.1 Å². The molecule has 0 saturated carbocycles. The Hall–Kier alpha value is -1.12. The Morgan fingerprint density at radius 3 is 2.55 bits per heavy atom. The second-order valence-corrected chi connectivity index (χ2v) is 6.04. The lowest BCUT2D eigenvalue weighted by atomic mass is 9.95. The highest BCUT2D eigenvalue weighted by molar-refractivity contribution is 5.38. The Labute approximate surface area is 123 Å². The van der Waals surface area contributed by atoms with E-state index in [2.05, 4.69) is 44.3 Å². The van der Waals surface area contributed by atoms with Gasteiger partial charge in [-0.25, -0.2) is 0 Å². The van der Waals surface area contributed by atoms with Crippen LogP contribution in [0.2, 0.25) is 0 Å². The number of nitrogens with one attached hydrogen (secondary N) is 1. The summed E-state index contributed by atoms with van der Waals surface area (Å²) in [7, 11) is 0. The molecule has 0 amide bonds. The van der Waals surface area contributed by atoms with Crippen LogP contribution in [-0.4, -0.2) is 13.1 Å². The van der Waals surface area contributed by atoms with Gasteiger partial charge < -0.3 is 11.1 Å². The molecule has 0 radical (unpaired) electrons. The predicted molar refractivity (Wildman–Crippen MR) is 87.0 cm³/mol. The molecule has 0 aliphatic heterocycles. The molecule has 110 valence electrons. The zero-order chi connectivity index (χ0) is 14.5. The van der Waals surface area contributed by atoms with E-state index < -0.39 is 0 Å². The number of benzene rings is 1. The summed E-state index contributed by atoms with van der Waals surface area (Å²) in [5, 5.41) is 3.63. The molecule has 2 rings (SSSR count). The number of nitrogens with two attached hydrogens (primary N) is 1. The SMILES string of the molecule is Cc1cc(C)c(C(CN)NCCC2=CCCC2)cc1C. The summed E-state index contributed by atoms with van der Waals surface area (Å²) in [6.45, 7) is 8.22. The van der Waals surface area contributed by atoms with Gasteiger partial charge in [-0.3, -0.25) is 0 Å². The van der Waals surface area contributed by atoms with Crippen LogP contribution in [0.5, 0.6) is 0 Å². The quantitative estimate of drug-likeness (QED) is 0.775. The Bertz CT molecular complexity index is 488. The lowest BCUT2D eigenvalue weighted by Gasteiger charge is -2.21. The van der Waals surface area contributed by atoms with Crippen molar-refractivity contribution in [2.45, 2.75) is 52.5 Å². The molecule has 1 aromatic carbocycles. The fourth-order valence-electron chi connectivity index (χ4n) is 3.05. The molecule has 1 aromatic rings. The van der Waals surface area contributed by atoms with Crippen molar-refractivity contribution >= 4 is 0 Å². The van der Waals surface area contributed by atoms with Gasteiger partial charge in [-0.2, -0.15) is 0 Å². The van der Waals surface area contributed by atoms with Gasteiger partial charge in [0.15, 0.2) is 0 Å². The van der Waals surface area contributed by atoms with Crippen LogP contribution in [0, 0.1) is 20.8 Å². The summed E-state index contributed by atoms with van der Waals surface area (Å²) in [6.07, 6.45) is 7.47. The molecule has 0 spiro atoms. The number of allylic oxidation sites excluding steroid dienone is 1. The van der Waals surface area contributed by atoms with E-state index in [9.17, 15) is 0 Å². The van der Waals surface area contributed by atoms with Gasteiger partial charge in [0.2, 0.25) is 0 Å². The van der Waals surface area contributed by atoms with Crippen LogP contribution in [0.15, 0.2) is 23.8 Å². The first-order chi connectivity index (χ1) is 9.61. The normalized spacial score (nSPS) is 16.3. The van der Waals surface area contributed by atoms with Crippen LogP contribution in [0.1, 0.15) is 54.0 Å².